The van der Waals surface area contributed by atoms with E-state index in [-0.39, 0.29) is 37.9 Å². The average molecular weight is 1240 g/mol. The molecule has 0 aromatic heterocycles. The largest absolute Gasteiger partial charge is 0.472 e. The monoisotopic (exact) mass is 1240 g/mol. The van der Waals surface area contributed by atoms with Gasteiger partial charge in [-0.25, -0.2) is 4.57 Å². The summed E-state index contributed by atoms with van der Waals surface area (Å²) in [7, 11) is 1.47. The third kappa shape index (κ3) is 67.4. The summed E-state index contributed by atoms with van der Waals surface area (Å²) >= 11 is 0. The fraction of sp³-hybridized carbons (Fsp3) is 0.792. The molecule has 0 aromatic carbocycles. The molecule has 87 heavy (non-hydrogen) atoms. The number of phosphoric ester groups is 1. The van der Waals surface area contributed by atoms with E-state index in [4.69, 9.17) is 13.8 Å². The van der Waals surface area contributed by atoms with Gasteiger partial charge in [0.25, 0.3) is 0 Å². The Morgan fingerprint density at radius 1 is 0.414 bits per heavy atom. The van der Waals surface area contributed by atoms with Crippen LogP contribution in [0.3, 0.4) is 0 Å². The molecule has 0 aliphatic carbocycles. The Balaban J connectivity index is 5.09. The summed E-state index contributed by atoms with van der Waals surface area (Å²) in [5.74, 6) is -0.545. The maximum atomic E-state index is 13.6. The fourth-order valence-corrected chi connectivity index (χ4v) is 11.4. The number of nitrogens with one attached hydrogen (secondary N) is 1. The van der Waals surface area contributed by atoms with Gasteiger partial charge in [-0.3, -0.25) is 18.6 Å². The first-order valence-corrected chi connectivity index (χ1v) is 38.4. The molecule has 9 nitrogen and oxygen atoms in total. The van der Waals surface area contributed by atoms with Gasteiger partial charge in [-0.2, -0.15) is 0 Å². The maximum absolute atomic E-state index is 13.6. The number of hydrogen-bond acceptors (Lipinski definition) is 6. The Morgan fingerprint density at radius 3 is 1.11 bits per heavy atom. The van der Waals surface area contributed by atoms with E-state index in [9.17, 15) is 19.0 Å². The van der Waals surface area contributed by atoms with Crippen molar-refractivity contribution >= 4 is 19.7 Å². The number of amides is 1. The molecule has 3 atom stereocenters. The lowest BCUT2D eigenvalue weighted by atomic mass is 10.0. The molecule has 506 valence electrons. The number of carbonyl (C=O) groups is 2. The van der Waals surface area contributed by atoms with E-state index in [0.29, 0.717) is 17.4 Å². The minimum absolute atomic E-state index is 0.0298. The van der Waals surface area contributed by atoms with Crippen LogP contribution in [0.1, 0.15) is 342 Å². The van der Waals surface area contributed by atoms with Crippen LogP contribution < -0.4 is 5.32 Å². The minimum Gasteiger partial charge on any atom is -0.456 e. The zero-order valence-electron chi connectivity index (χ0n) is 58.0. The normalized spacial score (nSPS) is 14.0. The summed E-state index contributed by atoms with van der Waals surface area (Å²) in [5, 5.41) is 3.05. The van der Waals surface area contributed by atoms with Crippen molar-refractivity contribution in [1.82, 2.24) is 5.32 Å². The second kappa shape index (κ2) is 66.1. The molecule has 1 amide bonds. The predicted molar refractivity (Wildman–Crippen MR) is 378 cm³/mol. The first kappa shape index (κ1) is 84.2. The van der Waals surface area contributed by atoms with Crippen molar-refractivity contribution in [2.45, 2.75) is 354 Å². The number of allylic oxidation sites excluding steroid dienone is 13. The summed E-state index contributed by atoms with van der Waals surface area (Å²) in [4.78, 5) is 37.9. The third-order valence-corrected chi connectivity index (χ3v) is 17.3. The van der Waals surface area contributed by atoms with Crippen molar-refractivity contribution in [2.24, 2.45) is 0 Å². The zero-order chi connectivity index (χ0) is 63.5. The lowest BCUT2D eigenvalue weighted by Crippen LogP contribution is -2.47. The van der Waals surface area contributed by atoms with Crippen LogP contribution in [-0.4, -0.2) is 74.3 Å². The SMILES string of the molecule is CC/C=C\C/C=C\C/C=C\C/C=C\C/C=C\C/C=C\CCCCC(=O)NC(COP(=O)(O)OCC[N+](C)(C)C)C(/C=C\CCCCCCCCCCCCC)OC(=O)CCCCCCCCCCCCCCCCCCCCCCCCCCCCC. The second-order valence-corrected chi connectivity index (χ2v) is 27.5. The summed E-state index contributed by atoms with van der Waals surface area (Å²) in [6, 6.07) is -0.875. The van der Waals surface area contributed by atoms with Gasteiger partial charge in [-0.15, -0.1) is 0 Å². The number of unbranched alkanes of at least 4 members (excludes halogenated alkanes) is 39. The topological polar surface area (TPSA) is 111 Å². The molecule has 0 rings (SSSR count). The van der Waals surface area contributed by atoms with E-state index in [1.165, 1.54) is 212 Å². The number of nitrogens with zero attached hydrogens (tertiary/aromatic N) is 1. The number of phosphoric acid groups is 1. The Labute approximate surface area is 539 Å². The van der Waals surface area contributed by atoms with Crippen LogP contribution >= 0.6 is 7.82 Å². The van der Waals surface area contributed by atoms with Crippen molar-refractivity contribution in [1.29, 1.82) is 0 Å². The van der Waals surface area contributed by atoms with E-state index in [2.05, 4.69) is 99.0 Å². The summed E-state index contributed by atoms with van der Waals surface area (Å²) in [6.07, 6.45) is 89.0. The minimum atomic E-state index is -4.47. The summed E-state index contributed by atoms with van der Waals surface area (Å²) in [6.45, 7) is 6.91. The van der Waals surface area contributed by atoms with E-state index in [1.54, 1.807) is 0 Å². The highest BCUT2D eigenvalue weighted by Crippen LogP contribution is 2.43. The molecular formula is C77H142N2O7P+. The molecule has 0 aliphatic heterocycles. The molecule has 0 aliphatic rings. The van der Waals surface area contributed by atoms with Gasteiger partial charge in [0.15, 0.2) is 0 Å². The van der Waals surface area contributed by atoms with Gasteiger partial charge in [-0.05, 0) is 83.1 Å². The van der Waals surface area contributed by atoms with Crippen molar-refractivity contribution in [3.63, 3.8) is 0 Å². The highest BCUT2D eigenvalue weighted by molar-refractivity contribution is 7.47. The first-order chi connectivity index (χ1) is 42.4. The molecule has 0 aromatic rings. The second-order valence-electron chi connectivity index (χ2n) is 26.1. The number of rotatable bonds is 67. The quantitative estimate of drug-likeness (QED) is 0.0205. The van der Waals surface area contributed by atoms with E-state index >= 15 is 0 Å². The molecule has 0 saturated carbocycles. The summed E-state index contributed by atoms with van der Waals surface area (Å²) in [5.41, 5.74) is 0. The van der Waals surface area contributed by atoms with Crippen molar-refractivity contribution < 1.29 is 37.3 Å². The van der Waals surface area contributed by atoms with Crippen LogP contribution in [-0.2, 0) is 27.9 Å². The van der Waals surface area contributed by atoms with Crippen molar-refractivity contribution in [2.75, 3.05) is 40.9 Å². The number of carbonyl (C=O) groups excluding carboxylic acids is 2. The van der Waals surface area contributed by atoms with E-state index < -0.39 is 20.0 Å². The zero-order valence-corrected chi connectivity index (χ0v) is 58.9. The molecular weight excluding hydrogens is 1100 g/mol. The number of esters is 1. The molecule has 0 heterocycles. The third-order valence-electron chi connectivity index (χ3n) is 16.3. The van der Waals surface area contributed by atoms with Gasteiger partial charge in [0.1, 0.15) is 19.3 Å². The van der Waals surface area contributed by atoms with Gasteiger partial charge in [-0.1, -0.05) is 331 Å². The van der Waals surface area contributed by atoms with Crippen LogP contribution in [0.2, 0.25) is 0 Å². The summed E-state index contributed by atoms with van der Waals surface area (Å²) < 4.78 is 30.8. The molecule has 0 bridgehead atoms. The van der Waals surface area contributed by atoms with Crippen LogP contribution in [0.25, 0.3) is 0 Å². The average Bonchev–Trinajstić information content (AvgIpc) is 3.69. The van der Waals surface area contributed by atoms with Crippen molar-refractivity contribution in [3.05, 3.63) is 85.1 Å². The lowest BCUT2D eigenvalue weighted by Gasteiger charge is -2.27. The van der Waals surface area contributed by atoms with Gasteiger partial charge in [0.2, 0.25) is 5.91 Å². The molecule has 2 N–H and O–H groups in total. The van der Waals surface area contributed by atoms with Gasteiger partial charge >= 0.3 is 13.8 Å². The number of ether oxygens (including phenoxy) is 1. The molecule has 0 fully saturated rings. The molecule has 0 radical (unpaired) electrons. The Morgan fingerprint density at radius 2 is 0.736 bits per heavy atom. The van der Waals surface area contributed by atoms with Crippen LogP contribution in [0.15, 0.2) is 85.1 Å². The maximum Gasteiger partial charge on any atom is 0.472 e. The smallest absolute Gasteiger partial charge is 0.456 e. The Bertz CT molecular complexity index is 1760. The van der Waals surface area contributed by atoms with Crippen LogP contribution in [0, 0.1) is 0 Å². The predicted octanol–water partition coefficient (Wildman–Crippen LogP) is 23.7. The lowest BCUT2D eigenvalue weighted by molar-refractivity contribution is -0.870. The molecule has 0 spiro atoms. The fourth-order valence-electron chi connectivity index (χ4n) is 10.7. The van der Waals surface area contributed by atoms with Gasteiger partial charge in [0.05, 0.1) is 33.8 Å². The number of hydrogen-bond donors (Lipinski definition) is 2. The van der Waals surface area contributed by atoms with Crippen LogP contribution in [0.4, 0.5) is 0 Å². The van der Waals surface area contributed by atoms with Crippen molar-refractivity contribution in [3.8, 4) is 0 Å². The standard InChI is InChI=1S/C77H141N2O7P/c1-7-10-13-16-19-22-25-28-30-32-34-36-37-38-39-40-41-43-45-47-49-52-55-58-61-64-67-70-77(81)86-75(68-65-62-59-56-53-50-27-24-21-18-15-12-9-3)74(73-85-87(82,83)84-72-71-79(4,5)6)78-76(80)69-66-63-60-57-54-51-48-46-44-42-35-33-31-29-26-23-20-17-14-11-8-2/h11,14,20,23,29,31,35,42,46,48,54,57,65,68,74-75H,7-10,12-13,15-19,21-22,24-28,30,32-34,36-41,43-45,47,49-53,55-56,58-64,66-67,69-73H2,1-6H3,(H-,78,80,82,83)/p+1/b14-11-,23-20-,31-29-,42-35-,48-46-,57-54-,68-65-. The van der Waals surface area contributed by atoms with E-state index in [0.717, 1.165) is 89.9 Å². The first-order valence-electron chi connectivity index (χ1n) is 36.9. The van der Waals surface area contributed by atoms with Crippen LogP contribution in [0.5, 0.6) is 0 Å². The van der Waals surface area contributed by atoms with E-state index in [1.807, 2.05) is 33.3 Å². The highest BCUT2D eigenvalue weighted by Gasteiger charge is 2.30. The highest BCUT2D eigenvalue weighted by atomic mass is 31.2. The molecule has 10 heteroatoms. The number of likely N-dealkylation sites (N-methyl/N-ethyl adjacent to an activating group) is 1. The van der Waals surface area contributed by atoms with Gasteiger partial charge < -0.3 is 19.4 Å². The van der Waals surface area contributed by atoms with Gasteiger partial charge in [0, 0.05) is 12.8 Å². The molecule has 3 unspecified atom stereocenters. The molecule has 0 saturated heterocycles. The number of quaternary nitrogens is 1. The Hall–Kier alpha value is -2.81. The Kier molecular flexibility index (Phi) is 64.0.